The van der Waals surface area contributed by atoms with Gasteiger partial charge in [0.05, 0.1) is 11.6 Å². The number of nitrogens with zero attached hydrogens (tertiary/aromatic N) is 2. The minimum Gasteiger partial charge on any atom is -0.247 e. The summed E-state index contributed by atoms with van der Waals surface area (Å²) >= 11 is 3.32. The summed E-state index contributed by atoms with van der Waals surface area (Å²) in [4.78, 5) is 4.15. The van der Waals surface area contributed by atoms with Crippen LogP contribution in [0.5, 0.6) is 0 Å². The Morgan fingerprint density at radius 1 is 0.941 bits per heavy atom. The van der Waals surface area contributed by atoms with Gasteiger partial charge in [-0.25, -0.2) is 4.98 Å². The summed E-state index contributed by atoms with van der Waals surface area (Å²) in [6.07, 6.45) is 1.71. The molecule has 0 saturated heterocycles. The second-order valence-corrected chi connectivity index (χ2v) is 4.22. The molecule has 17 heavy (non-hydrogen) atoms. The summed E-state index contributed by atoms with van der Waals surface area (Å²) in [6.45, 7) is 0. The van der Waals surface area contributed by atoms with Crippen molar-refractivity contribution in [2.75, 3.05) is 0 Å². The second kappa shape index (κ2) is 5.30. The Morgan fingerprint density at radius 3 is 2.24 bits per heavy atom. The Balaban J connectivity index is 2.21. The zero-order valence-corrected chi connectivity index (χ0v) is 10.4. The molecule has 0 N–H and O–H groups in total. The van der Waals surface area contributed by atoms with E-state index in [4.69, 9.17) is 5.26 Å². The number of benzene rings is 1. The van der Waals surface area contributed by atoms with Crippen LogP contribution < -0.4 is 0 Å². The van der Waals surface area contributed by atoms with E-state index in [1.807, 2.05) is 24.3 Å². The molecular weight excluding hydrogens is 276 g/mol. The SMILES string of the molecule is N#Cc1ccc(C#Cc2ccc(Br)cn2)cc1. The third kappa shape index (κ3) is 3.17. The molecule has 2 nitrogen and oxygen atoms in total. The summed E-state index contributed by atoms with van der Waals surface area (Å²) < 4.78 is 0.932. The first-order valence-electron chi connectivity index (χ1n) is 4.92. The van der Waals surface area contributed by atoms with Crippen molar-refractivity contribution < 1.29 is 0 Å². The molecule has 0 unspecified atom stereocenters. The summed E-state index contributed by atoms with van der Waals surface area (Å²) in [5.41, 5.74) is 2.23. The smallest absolute Gasteiger partial charge is 0.113 e. The lowest BCUT2D eigenvalue weighted by molar-refractivity contribution is 1.27. The minimum absolute atomic E-state index is 0.636. The summed E-state index contributed by atoms with van der Waals surface area (Å²) in [7, 11) is 0. The van der Waals surface area contributed by atoms with E-state index in [9.17, 15) is 0 Å². The monoisotopic (exact) mass is 282 g/mol. The summed E-state index contributed by atoms with van der Waals surface area (Å²) in [6, 6.07) is 13.0. The van der Waals surface area contributed by atoms with E-state index < -0.39 is 0 Å². The number of halogens is 1. The number of nitriles is 1. The largest absolute Gasteiger partial charge is 0.247 e. The van der Waals surface area contributed by atoms with Crippen molar-refractivity contribution in [1.82, 2.24) is 4.98 Å². The molecule has 0 fully saturated rings. The van der Waals surface area contributed by atoms with Gasteiger partial charge in [0, 0.05) is 16.2 Å². The molecule has 1 aromatic heterocycles. The predicted octanol–water partition coefficient (Wildman–Crippen LogP) is 3.12. The molecular formula is C14H7BrN2. The minimum atomic E-state index is 0.636. The van der Waals surface area contributed by atoms with Gasteiger partial charge in [-0.1, -0.05) is 5.92 Å². The van der Waals surface area contributed by atoms with Crippen molar-refractivity contribution in [3.05, 3.63) is 63.9 Å². The van der Waals surface area contributed by atoms with Crippen LogP contribution >= 0.6 is 15.9 Å². The van der Waals surface area contributed by atoms with E-state index in [1.54, 1.807) is 18.3 Å². The normalized spacial score (nSPS) is 8.94. The van der Waals surface area contributed by atoms with Crippen LogP contribution in [0.2, 0.25) is 0 Å². The van der Waals surface area contributed by atoms with Gasteiger partial charge in [0.2, 0.25) is 0 Å². The van der Waals surface area contributed by atoms with E-state index in [0.717, 1.165) is 15.7 Å². The fraction of sp³-hybridized carbons (Fsp3) is 0. The molecule has 0 amide bonds. The molecule has 0 saturated carbocycles. The lowest BCUT2D eigenvalue weighted by atomic mass is 10.1. The van der Waals surface area contributed by atoms with Crippen LogP contribution in [0.3, 0.4) is 0 Å². The van der Waals surface area contributed by atoms with Crippen molar-refractivity contribution >= 4 is 15.9 Å². The average Bonchev–Trinajstić information content (AvgIpc) is 2.39. The molecule has 3 heteroatoms. The van der Waals surface area contributed by atoms with Crippen molar-refractivity contribution in [1.29, 1.82) is 5.26 Å². The number of hydrogen-bond donors (Lipinski definition) is 0. The molecule has 80 valence electrons. The highest BCUT2D eigenvalue weighted by atomic mass is 79.9. The van der Waals surface area contributed by atoms with E-state index in [2.05, 4.69) is 38.8 Å². The standard InChI is InChI=1S/C14H7BrN2/c15-13-6-8-14(17-10-13)7-5-11-1-3-12(9-16)4-2-11/h1-4,6,8,10H. The molecule has 0 aliphatic rings. The molecule has 1 aromatic carbocycles. The van der Waals surface area contributed by atoms with Gasteiger partial charge in [0.25, 0.3) is 0 Å². The maximum atomic E-state index is 8.66. The Kier molecular flexibility index (Phi) is 3.55. The fourth-order valence-corrected chi connectivity index (χ4v) is 1.45. The molecule has 0 aliphatic carbocycles. The lowest BCUT2D eigenvalue weighted by Gasteiger charge is -1.91. The van der Waals surface area contributed by atoms with Gasteiger partial charge < -0.3 is 0 Å². The average molecular weight is 283 g/mol. The van der Waals surface area contributed by atoms with Crippen LogP contribution in [0.4, 0.5) is 0 Å². The van der Waals surface area contributed by atoms with Crippen molar-refractivity contribution in [2.45, 2.75) is 0 Å². The number of aromatic nitrogens is 1. The predicted molar refractivity (Wildman–Crippen MR) is 69.1 cm³/mol. The highest BCUT2D eigenvalue weighted by molar-refractivity contribution is 9.10. The van der Waals surface area contributed by atoms with Crippen LogP contribution in [0.25, 0.3) is 0 Å². The molecule has 2 rings (SSSR count). The molecule has 0 radical (unpaired) electrons. The highest BCUT2D eigenvalue weighted by Gasteiger charge is 1.91. The van der Waals surface area contributed by atoms with Crippen LogP contribution in [0, 0.1) is 23.2 Å². The van der Waals surface area contributed by atoms with Gasteiger partial charge in [-0.3, -0.25) is 0 Å². The van der Waals surface area contributed by atoms with Gasteiger partial charge in [0.15, 0.2) is 0 Å². The molecule has 2 aromatic rings. The summed E-state index contributed by atoms with van der Waals surface area (Å²) in [5.74, 6) is 5.96. The Labute approximate surface area is 108 Å². The van der Waals surface area contributed by atoms with E-state index in [-0.39, 0.29) is 0 Å². The Morgan fingerprint density at radius 2 is 1.65 bits per heavy atom. The summed E-state index contributed by atoms with van der Waals surface area (Å²) in [5, 5.41) is 8.66. The van der Waals surface area contributed by atoms with Crippen LogP contribution in [0.1, 0.15) is 16.8 Å². The van der Waals surface area contributed by atoms with E-state index in [1.165, 1.54) is 0 Å². The molecule has 1 heterocycles. The zero-order chi connectivity index (χ0) is 12.1. The van der Waals surface area contributed by atoms with Gasteiger partial charge in [-0.15, -0.1) is 0 Å². The maximum Gasteiger partial charge on any atom is 0.113 e. The Bertz CT molecular complexity index is 611. The molecule has 0 atom stereocenters. The molecule has 0 aliphatic heterocycles. The Hall–Kier alpha value is -2.10. The van der Waals surface area contributed by atoms with E-state index in [0.29, 0.717) is 5.56 Å². The lowest BCUT2D eigenvalue weighted by Crippen LogP contribution is -1.81. The van der Waals surface area contributed by atoms with Crippen molar-refractivity contribution in [2.24, 2.45) is 0 Å². The first-order chi connectivity index (χ1) is 8.28. The van der Waals surface area contributed by atoms with Gasteiger partial charge >= 0.3 is 0 Å². The van der Waals surface area contributed by atoms with Crippen LogP contribution in [-0.2, 0) is 0 Å². The van der Waals surface area contributed by atoms with Crippen LogP contribution in [0.15, 0.2) is 47.1 Å². The van der Waals surface area contributed by atoms with Gasteiger partial charge in [-0.2, -0.15) is 5.26 Å². The maximum absolute atomic E-state index is 8.66. The topological polar surface area (TPSA) is 36.7 Å². The molecule has 0 bridgehead atoms. The molecule has 0 spiro atoms. The van der Waals surface area contributed by atoms with Crippen molar-refractivity contribution in [3.8, 4) is 17.9 Å². The van der Waals surface area contributed by atoms with Gasteiger partial charge in [-0.05, 0) is 58.2 Å². The van der Waals surface area contributed by atoms with Crippen LogP contribution in [-0.4, -0.2) is 4.98 Å². The first-order valence-corrected chi connectivity index (χ1v) is 5.71. The third-order valence-corrected chi connectivity index (χ3v) is 2.55. The quantitative estimate of drug-likeness (QED) is 0.696. The number of rotatable bonds is 0. The van der Waals surface area contributed by atoms with E-state index >= 15 is 0 Å². The van der Waals surface area contributed by atoms with Gasteiger partial charge in [0.1, 0.15) is 5.69 Å². The first kappa shape index (κ1) is 11.4. The highest BCUT2D eigenvalue weighted by Crippen LogP contribution is 2.07. The number of hydrogen-bond acceptors (Lipinski definition) is 2. The number of pyridine rings is 1. The fourth-order valence-electron chi connectivity index (χ4n) is 1.21. The van der Waals surface area contributed by atoms with Crippen molar-refractivity contribution in [3.63, 3.8) is 0 Å². The second-order valence-electron chi connectivity index (χ2n) is 3.30. The third-order valence-electron chi connectivity index (χ3n) is 2.08. The zero-order valence-electron chi connectivity index (χ0n) is 8.81.